The van der Waals surface area contributed by atoms with Crippen molar-refractivity contribution in [3.63, 3.8) is 0 Å². The second-order valence-electron chi connectivity index (χ2n) is 2.96. The van der Waals surface area contributed by atoms with E-state index in [2.05, 4.69) is 0 Å². The number of hydrogen-bond acceptors (Lipinski definition) is 3. The van der Waals surface area contributed by atoms with Crippen LogP contribution in [0.2, 0.25) is 0 Å². The van der Waals surface area contributed by atoms with Crippen LogP contribution in [0.4, 0.5) is 0 Å². The van der Waals surface area contributed by atoms with Crippen LogP contribution in [0, 0.1) is 5.92 Å². The molecule has 3 heteroatoms. The fourth-order valence-corrected chi connectivity index (χ4v) is 0.712. The van der Waals surface area contributed by atoms with Gasteiger partial charge in [-0.05, 0) is 25.7 Å². The Balaban J connectivity index is 2.14. The molecule has 0 radical (unpaired) electrons. The molecule has 0 amide bonds. The Kier molecular flexibility index (Phi) is 2.52. The molecule has 0 spiro atoms. The van der Waals surface area contributed by atoms with Crippen molar-refractivity contribution >= 4 is 5.97 Å². The minimum absolute atomic E-state index is 0.322. The molecule has 1 fully saturated rings. The van der Waals surface area contributed by atoms with Crippen LogP contribution in [0.5, 0.6) is 0 Å². The second-order valence-corrected chi connectivity index (χ2v) is 2.96. The summed E-state index contributed by atoms with van der Waals surface area (Å²) in [6, 6.07) is 0. The predicted octanol–water partition coefficient (Wildman–Crippen LogP) is 0.802. The molecule has 1 aliphatic rings. The molecular weight excluding hydrogens is 142 g/mol. The molecule has 3 nitrogen and oxygen atoms in total. The first-order valence-electron chi connectivity index (χ1n) is 3.79. The summed E-state index contributed by atoms with van der Waals surface area (Å²) < 4.78 is 4.88. The molecular formula is C8H13NO2. The van der Waals surface area contributed by atoms with Crippen LogP contribution in [0.1, 0.15) is 19.8 Å². The third-order valence-electron chi connectivity index (χ3n) is 1.50. The van der Waals surface area contributed by atoms with E-state index in [-0.39, 0.29) is 5.97 Å². The summed E-state index contributed by atoms with van der Waals surface area (Å²) in [6.45, 7) is 2.22. The molecule has 1 aliphatic carbocycles. The van der Waals surface area contributed by atoms with E-state index in [1.807, 2.05) is 0 Å². The molecule has 0 aromatic rings. The highest BCUT2D eigenvalue weighted by Crippen LogP contribution is 2.28. The van der Waals surface area contributed by atoms with Gasteiger partial charge in [0.25, 0.3) is 0 Å². The van der Waals surface area contributed by atoms with Gasteiger partial charge in [0, 0.05) is 11.8 Å². The van der Waals surface area contributed by atoms with Crippen LogP contribution < -0.4 is 5.73 Å². The van der Waals surface area contributed by atoms with E-state index in [0.29, 0.717) is 18.2 Å². The summed E-state index contributed by atoms with van der Waals surface area (Å²) in [5.74, 6) is 0.294. The van der Waals surface area contributed by atoms with Gasteiger partial charge >= 0.3 is 5.97 Å². The van der Waals surface area contributed by atoms with Crippen LogP contribution in [-0.4, -0.2) is 12.6 Å². The van der Waals surface area contributed by atoms with E-state index < -0.39 is 0 Å². The molecule has 0 aliphatic heterocycles. The van der Waals surface area contributed by atoms with Crippen LogP contribution in [0.15, 0.2) is 11.8 Å². The maximum absolute atomic E-state index is 10.8. The van der Waals surface area contributed by atoms with E-state index >= 15 is 0 Å². The topological polar surface area (TPSA) is 52.3 Å². The first kappa shape index (κ1) is 8.11. The molecule has 0 atom stereocenters. The summed E-state index contributed by atoms with van der Waals surface area (Å²) in [5, 5.41) is 0. The van der Waals surface area contributed by atoms with E-state index in [1.165, 1.54) is 18.9 Å². The zero-order chi connectivity index (χ0) is 8.27. The van der Waals surface area contributed by atoms with Gasteiger partial charge in [0.15, 0.2) is 0 Å². The Morgan fingerprint density at radius 2 is 2.36 bits per heavy atom. The van der Waals surface area contributed by atoms with Crippen molar-refractivity contribution in [3.05, 3.63) is 11.8 Å². The maximum Gasteiger partial charge on any atom is 0.332 e. The highest BCUT2D eigenvalue weighted by Gasteiger charge is 2.22. The third kappa shape index (κ3) is 3.65. The van der Waals surface area contributed by atoms with Gasteiger partial charge in [-0.1, -0.05) is 0 Å². The average Bonchev–Trinajstić information content (AvgIpc) is 2.63. The van der Waals surface area contributed by atoms with E-state index in [9.17, 15) is 4.79 Å². The number of carbonyl (C=O) groups excluding carboxylic acids is 1. The van der Waals surface area contributed by atoms with Crippen LogP contribution >= 0.6 is 0 Å². The van der Waals surface area contributed by atoms with Gasteiger partial charge in [-0.2, -0.15) is 0 Å². The zero-order valence-electron chi connectivity index (χ0n) is 6.67. The van der Waals surface area contributed by atoms with Crippen LogP contribution in [0.25, 0.3) is 0 Å². The smallest absolute Gasteiger partial charge is 0.332 e. The Morgan fingerprint density at radius 1 is 1.73 bits per heavy atom. The normalized spacial score (nSPS) is 18.1. The molecule has 0 aromatic carbocycles. The summed E-state index contributed by atoms with van der Waals surface area (Å²) in [7, 11) is 0. The molecule has 1 rings (SSSR count). The fraction of sp³-hybridized carbons (Fsp3) is 0.625. The molecule has 0 unspecified atom stereocenters. The first-order valence-corrected chi connectivity index (χ1v) is 3.79. The fourth-order valence-electron chi connectivity index (χ4n) is 0.712. The molecule has 0 aromatic heterocycles. The number of ether oxygens (including phenoxy) is 1. The van der Waals surface area contributed by atoms with Crippen LogP contribution in [-0.2, 0) is 9.53 Å². The van der Waals surface area contributed by atoms with E-state index in [0.717, 1.165) is 0 Å². The highest BCUT2D eigenvalue weighted by molar-refractivity contribution is 5.82. The minimum atomic E-state index is -0.322. The van der Waals surface area contributed by atoms with Gasteiger partial charge in [-0.25, -0.2) is 4.79 Å². The first-order chi connectivity index (χ1) is 5.18. The van der Waals surface area contributed by atoms with Crippen molar-refractivity contribution in [2.45, 2.75) is 19.8 Å². The summed E-state index contributed by atoms with van der Waals surface area (Å²) in [5.41, 5.74) is 5.77. The third-order valence-corrected chi connectivity index (χ3v) is 1.50. The number of rotatable bonds is 3. The van der Waals surface area contributed by atoms with Gasteiger partial charge in [-0.3, -0.25) is 0 Å². The van der Waals surface area contributed by atoms with Crippen molar-refractivity contribution in [1.82, 2.24) is 0 Å². The van der Waals surface area contributed by atoms with E-state index in [1.54, 1.807) is 6.92 Å². The average molecular weight is 155 g/mol. The molecule has 0 heterocycles. The van der Waals surface area contributed by atoms with Gasteiger partial charge in [-0.15, -0.1) is 0 Å². The molecule has 0 bridgehead atoms. The SMILES string of the molecule is C/C(N)=C\C(=O)OCC1CC1. The predicted molar refractivity (Wildman–Crippen MR) is 41.6 cm³/mol. The lowest BCUT2D eigenvalue weighted by molar-refractivity contribution is -0.138. The lowest BCUT2D eigenvalue weighted by atomic mass is 10.4. The van der Waals surface area contributed by atoms with Gasteiger partial charge in [0.1, 0.15) is 0 Å². The number of esters is 1. The monoisotopic (exact) mass is 155 g/mol. The van der Waals surface area contributed by atoms with Crippen molar-refractivity contribution in [3.8, 4) is 0 Å². The molecule has 1 saturated carbocycles. The van der Waals surface area contributed by atoms with Crippen molar-refractivity contribution in [2.24, 2.45) is 11.7 Å². The Hall–Kier alpha value is -0.990. The van der Waals surface area contributed by atoms with Gasteiger partial charge in [0.2, 0.25) is 0 Å². The molecule has 62 valence electrons. The van der Waals surface area contributed by atoms with E-state index in [4.69, 9.17) is 10.5 Å². The van der Waals surface area contributed by atoms with Crippen molar-refractivity contribution < 1.29 is 9.53 Å². The lowest BCUT2D eigenvalue weighted by Gasteiger charge is -1.98. The standard InChI is InChI=1S/C8H13NO2/c1-6(9)4-8(10)11-5-7-2-3-7/h4,7H,2-3,5,9H2,1H3/b6-4+. The number of carbonyl (C=O) groups is 1. The summed E-state index contributed by atoms with van der Waals surface area (Å²) in [4.78, 5) is 10.8. The Labute approximate surface area is 66.2 Å². The maximum atomic E-state index is 10.8. The van der Waals surface area contributed by atoms with Gasteiger partial charge < -0.3 is 10.5 Å². The number of allylic oxidation sites excluding steroid dienone is 1. The minimum Gasteiger partial charge on any atom is -0.462 e. The summed E-state index contributed by atoms with van der Waals surface area (Å²) >= 11 is 0. The second kappa shape index (κ2) is 3.42. The summed E-state index contributed by atoms with van der Waals surface area (Å²) in [6.07, 6.45) is 3.69. The highest BCUT2D eigenvalue weighted by atomic mass is 16.5. The van der Waals surface area contributed by atoms with Crippen molar-refractivity contribution in [1.29, 1.82) is 0 Å². The number of nitrogens with two attached hydrogens (primary N) is 1. The van der Waals surface area contributed by atoms with Crippen molar-refractivity contribution in [2.75, 3.05) is 6.61 Å². The Bertz CT molecular complexity index is 179. The largest absolute Gasteiger partial charge is 0.462 e. The molecule has 0 saturated heterocycles. The molecule has 2 N–H and O–H groups in total. The molecule has 11 heavy (non-hydrogen) atoms. The van der Waals surface area contributed by atoms with Crippen LogP contribution in [0.3, 0.4) is 0 Å². The van der Waals surface area contributed by atoms with Gasteiger partial charge in [0.05, 0.1) is 6.61 Å². The lowest BCUT2D eigenvalue weighted by Crippen LogP contribution is -2.06. The quantitative estimate of drug-likeness (QED) is 0.484. The zero-order valence-corrected chi connectivity index (χ0v) is 6.67. The Morgan fingerprint density at radius 3 is 2.82 bits per heavy atom. The number of hydrogen-bond donors (Lipinski definition) is 1.